The van der Waals surface area contributed by atoms with Crippen molar-refractivity contribution in [2.75, 3.05) is 0 Å². The summed E-state index contributed by atoms with van der Waals surface area (Å²) in [5.74, 6) is 0. The fourth-order valence-corrected chi connectivity index (χ4v) is 1.31. The molecule has 1 aromatic rings. The molecule has 0 heterocycles. The van der Waals surface area contributed by atoms with Crippen molar-refractivity contribution in [2.45, 2.75) is 6.92 Å². The van der Waals surface area contributed by atoms with Crippen LogP contribution >= 0.6 is 11.6 Å². The molecule has 0 unspecified atom stereocenters. The third-order valence-corrected chi connectivity index (χ3v) is 1.90. The summed E-state index contributed by atoms with van der Waals surface area (Å²) >= 11 is 5.91. The minimum Gasteiger partial charge on any atom is -0.211 e. The molecule has 0 saturated heterocycles. The highest BCUT2D eigenvalue weighted by molar-refractivity contribution is 6.32. The van der Waals surface area contributed by atoms with Crippen molar-refractivity contribution in [2.24, 2.45) is 4.99 Å². The van der Waals surface area contributed by atoms with Gasteiger partial charge in [0.25, 0.3) is 0 Å². The monoisotopic (exact) mass is 193 g/mol. The number of hydrogen-bond acceptors (Lipinski definition) is 2. The Morgan fingerprint density at radius 3 is 2.77 bits per heavy atom. The van der Waals surface area contributed by atoms with Gasteiger partial charge < -0.3 is 0 Å². The van der Waals surface area contributed by atoms with Gasteiger partial charge in [-0.3, -0.25) is 0 Å². The van der Waals surface area contributed by atoms with Gasteiger partial charge in [0.15, 0.2) is 0 Å². The molecule has 2 nitrogen and oxygen atoms in total. The van der Waals surface area contributed by atoms with E-state index < -0.39 is 0 Å². The van der Waals surface area contributed by atoms with Crippen LogP contribution in [-0.2, 0) is 4.79 Å². The van der Waals surface area contributed by atoms with Crippen molar-refractivity contribution in [1.82, 2.24) is 0 Å². The lowest BCUT2D eigenvalue weighted by atomic mass is 10.1. The molecule has 13 heavy (non-hydrogen) atoms. The van der Waals surface area contributed by atoms with Gasteiger partial charge in [-0.25, -0.2) is 4.79 Å². The molecular formula is C10H8ClNO. The third-order valence-electron chi connectivity index (χ3n) is 1.59. The Hall–Kier alpha value is -1.37. The largest absolute Gasteiger partial charge is 0.240 e. The van der Waals surface area contributed by atoms with Crippen molar-refractivity contribution < 1.29 is 4.79 Å². The summed E-state index contributed by atoms with van der Waals surface area (Å²) in [6, 6.07) is 5.08. The van der Waals surface area contributed by atoms with Gasteiger partial charge in [-0.1, -0.05) is 24.2 Å². The lowest BCUT2D eigenvalue weighted by Gasteiger charge is -2.02. The van der Waals surface area contributed by atoms with E-state index in [-0.39, 0.29) is 0 Å². The predicted octanol–water partition coefficient (Wildman–Crippen LogP) is 3.34. The van der Waals surface area contributed by atoms with Gasteiger partial charge in [0, 0.05) is 0 Å². The van der Waals surface area contributed by atoms with Crippen LogP contribution < -0.4 is 0 Å². The van der Waals surface area contributed by atoms with Crippen LogP contribution in [0.2, 0.25) is 5.02 Å². The van der Waals surface area contributed by atoms with Crippen molar-refractivity contribution >= 4 is 28.9 Å². The molecule has 0 radical (unpaired) electrons. The van der Waals surface area contributed by atoms with Crippen LogP contribution in [0.25, 0.3) is 5.57 Å². The zero-order chi connectivity index (χ0) is 9.84. The Balaban J connectivity index is 3.19. The third kappa shape index (κ3) is 2.28. The number of carbonyl (C=O) groups excluding carboxylic acids is 1. The Bertz CT molecular complexity index is 392. The van der Waals surface area contributed by atoms with Crippen molar-refractivity contribution in [3.8, 4) is 0 Å². The van der Waals surface area contributed by atoms with Gasteiger partial charge in [0.1, 0.15) is 0 Å². The maximum absolute atomic E-state index is 9.95. The summed E-state index contributed by atoms with van der Waals surface area (Å²) in [6.45, 7) is 5.63. The molecule has 0 aliphatic carbocycles. The van der Waals surface area contributed by atoms with E-state index in [1.807, 2.05) is 6.92 Å². The van der Waals surface area contributed by atoms with E-state index in [0.717, 1.165) is 11.1 Å². The Morgan fingerprint density at radius 2 is 2.31 bits per heavy atom. The Morgan fingerprint density at radius 1 is 1.62 bits per heavy atom. The van der Waals surface area contributed by atoms with Crippen molar-refractivity contribution in [3.63, 3.8) is 0 Å². The summed E-state index contributed by atoms with van der Waals surface area (Å²) < 4.78 is 0. The first kappa shape index (κ1) is 9.72. The molecule has 0 spiro atoms. The smallest absolute Gasteiger partial charge is 0.211 e. The van der Waals surface area contributed by atoms with E-state index in [1.165, 1.54) is 6.08 Å². The normalized spacial score (nSPS) is 9.08. The second-order valence-electron chi connectivity index (χ2n) is 2.65. The van der Waals surface area contributed by atoms with Gasteiger partial charge in [0.2, 0.25) is 6.08 Å². The van der Waals surface area contributed by atoms with Crippen LogP contribution in [0.4, 0.5) is 5.69 Å². The molecule has 0 fully saturated rings. The first-order valence-electron chi connectivity index (χ1n) is 3.68. The second-order valence-corrected chi connectivity index (χ2v) is 3.05. The lowest BCUT2D eigenvalue weighted by Crippen LogP contribution is -1.79. The molecule has 66 valence electrons. The minimum atomic E-state index is 0.505. The van der Waals surface area contributed by atoms with Crippen LogP contribution in [0.15, 0.2) is 29.8 Å². The van der Waals surface area contributed by atoms with Crippen LogP contribution in [0, 0.1) is 0 Å². The van der Waals surface area contributed by atoms with Gasteiger partial charge in [-0.15, -0.1) is 0 Å². The first-order chi connectivity index (χ1) is 6.15. The van der Waals surface area contributed by atoms with E-state index in [4.69, 9.17) is 11.6 Å². The van der Waals surface area contributed by atoms with E-state index in [0.29, 0.717) is 10.7 Å². The van der Waals surface area contributed by atoms with Crippen molar-refractivity contribution in [3.05, 3.63) is 35.4 Å². The molecule has 0 atom stereocenters. The molecule has 1 aromatic carbocycles. The summed E-state index contributed by atoms with van der Waals surface area (Å²) in [5.41, 5.74) is 2.25. The topological polar surface area (TPSA) is 29.4 Å². The first-order valence-corrected chi connectivity index (χ1v) is 4.06. The predicted molar refractivity (Wildman–Crippen MR) is 53.9 cm³/mol. The SMILES string of the molecule is C=C(C)c1ccc(N=C=O)cc1Cl. The average Bonchev–Trinajstić information content (AvgIpc) is 2.04. The molecule has 1 rings (SSSR count). The molecule has 0 saturated carbocycles. The number of nitrogens with zero attached hydrogens (tertiary/aromatic N) is 1. The van der Waals surface area contributed by atoms with Crippen LogP contribution in [0.5, 0.6) is 0 Å². The fourth-order valence-electron chi connectivity index (χ4n) is 0.972. The summed E-state index contributed by atoms with van der Waals surface area (Å²) in [4.78, 5) is 13.4. The molecule has 3 heteroatoms. The quantitative estimate of drug-likeness (QED) is 0.523. The van der Waals surface area contributed by atoms with Gasteiger partial charge >= 0.3 is 0 Å². The molecular weight excluding hydrogens is 186 g/mol. The van der Waals surface area contributed by atoms with E-state index in [9.17, 15) is 4.79 Å². The molecule has 0 aliphatic rings. The molecule has 0 aromatic heterocycles. The molecule has 0 amide bonds. The summed E-state index contributed by atoms with van der Waals surface area (Å²) in [5, 5.41) is 0.545. The fraction of sp³-hybridized carbons (Fsp3) is 0.100. The Labute approximate surface area is 81.6 Å². The highest BCUT2D eigenvalue weighted by Gasteiger charge is 2.01. The second kappa shape index (κ2) is 4.04. The number of isocyanates is 1. The summed E-state index contributed by atoms with van der Waals surface area (Å²) in [6.07, 6.45) is 1.45. The molecule has 0 aliphatic heterocycles. The molecule has 0 bridgehead atoms. The average molecular weight is 194 g/mol. The number of rotatable bonds is 2. The van der Waals surface area contributed by atoms with E-state index >= 15 is 0 Å². The number of aliphatic imine (C=N–C) groups is 1. The van der Waals surface area contributed by atoms with Gasteiger partial charge in [-0.05, 0) is 30.2 Å². The highest BCUT2D eigenvalue weighted by Crippen LogP contribution is 2.26. The maximum Gasteiger partial charge on any atom is 0.240 e. The number of hydrogen-bond donors (Lipinski definition) is 0. The lowest BCUT2D eigenvalue weighted by molar-refractivity contribution is 0.565. The number of benzene rings is 1. The standard InChI is InChI=1S/C10H8ClNO/c1-7(2)9-4-3-8(12-6-13)5-10(9)11/h3-5H,1H2,2H3. The molecule has 0 N–H and O–H groups in total. The number of halogens is 1. The van der Waals surface area contributed by atoms with E-state index in [2.05, 4.69) is 11.6 Å². The zero-order valence-corrected chi connectivity index (χ0v) is 7.93. The van der Waals surface area contributed by atoms with Crippen LogP contribution in [-0.4, -0.2) is 6.08 Å². The highest BCUT2D eigenvalue weighted by atomic mass is 35.5. The maximum atomic E-state index is 9.95. The zero-order valence-electron chi connectivity index (χ0n) is 7.17. The minimum absolute atomic E-state index is 0.505. The van der Waals surface area contributed by atoms with Crippen molar-refractivity contribution in [1.29, 1.82) is 0 Å². The van der Waals surface area contributed by atoms with Gasteiger partial charge in [-0.2, -0.15) is 4.99 Å². The van der Waals surface area contributed by atoms with Gasteiger partial charge in [0.05, 0.1) is 10.7 Å². The van der Waals surface area contributed by atoms with E-state index in [1.54, 1.807) is 18.2 Å². The number of allylic oxidation sites excluding steroid dienone is 1. The van der Waals surface area contributed by atoms with Crippen LogP contribution in [0.1, 0.15) is 12.5 Å². The van der Waals surface area contributed by atoms with Crippen LogP contribution in [0.3, 0.4) is 0 Å². The Kier molecular flexibility index (Phi) is 3.02. The summed E-state index contributed by atoms with van der Waals surface area (Å²) in [7, 11) is 0.